The molecule has 0 spiro atoms. The Morgan fingerprint density at radius 1 is 0.438 bits per heavy atom. The highest BCUT2D eigenvalue weighted by Gasteiger charge is 2.66. The summed E-state index contributed by atoms with van der Waals surface area (Å²) in [5.41, 5.74) is 3.80. The van der Waals surface area contributed by atoms with Gasteiger partial charge in [-0.1, -0.05) is 12.1 Å². The van der Waals surface area contributed by atoms with Crippen molar-refractivity contribution < 1.29 is 0 Å². The summed E-state index contributed by atoms with van der Waals surface area (Å²) in [4.78, 5) is 0. The molecule has 1 heteroatoms. The van der Waals surface area contributed by atoms with Gasteiger partial charge in [0.25, 0.3) is 0 Å². The predicted molar refractivity (Wildman–Crippen MR) is 146 cm³/mol. The average Bonchev–Trinajstić information content (AvgIpc) is 2.68. The largest absolute Gasteiger partial charge is 0.107 e. The van der Waals surface area contributed by atoms with E-state index in [1.165, 1.54) is 27.9 Å². The Labute approximate surface area is 197 Å². The second-order valence-corrected chi connectivity index (χ2v) is 17.7. The molecule has 0 aromatic heterocycles. The minimum Gasteiger partial charge on any atom is -0.0511 e. The highest BCUT2D eigenvalue weighted by Crippen LogP contribution is 2.82. The lowest BCUT2D eigenvalue weighted by molar-refractivity contribution is 0.629. The Kier molecular flexibility index (Phi) is 6.70. The van der Waals surface area contributed by atoms with Crippen LogP contribution in [-0.4, -0.2) is 15.5 Å². The predicted octanol–water partition coefficient (Wildman–Crippen LogP) is 8.74. The second-order valence-electron chi connectivity index (χ2n) is 11.8. The van der Waals surface area contributed by atoms with E-state index in [0.29, 0.717) is 0 Å². The van der Waals surface area contributed by atoms with E-state index in [-0.39, 0.29) is 15.5 Å². The lowest BCUT2D eigenvalue weighted by Gasteiger charge is -2.54. The van der Waals surface area contributed by atoms with Crippen LogP contribution >= 0.6 is 7.26 Å². The third-order valence-corrected chi connectivity index (χ3v) is 13.8. The maximum absolute atomic E-state index is 2.46. The summed E-state index contributed by atoms with van der Waals surface area (Å²) in [6.45, 7) is 22.1. The van der Waals surface area contributed by atoms with Crippen LogP contribution in [0, 0.1) is 5.92 Å². The van der Waals surface area contributed by atoms with Crippen LogP contribution < -0.4 is 5.30 Å². The molecular weight excluding hydrogens is 403 g/mol. The maximum atomic E-state index is 2.46. The highest BCUT2D eigenvalue weighted by molar-refractivity contribution is 7.86. The molecule has 0 fully saturated rings. The summed E-state index contributed by atoms with van der Waals surface area (Å²) in [6.07, 6.45) is 0. The summed E-state index contributed by atoms with van der Waals surface area (Å²) in [7, 11) is -1.60. The van der Waals surface area contributed by atoms with Crippen molar-refractivity contribution in [2.45, 2.75) is 77.8 Å². The van der Waals surface area contributed by atoms with Gasteiger partial charge in [0.15, 0.2) is 0 Å². The van der Waals surface area contributed by atoms with Crippen molar-refractivity contribution in [2.75, 3.05) is 0 Å². The van der Waals surface area contributed by atoms with Crippen molar-refractivity contribution >= 4 is 12.6 Å². The highest BCUT2D eigenvalue weighted by atomic mass is 31.2. The zero-order valence-corrected chi connectivity index (χ0v) is 22.4. The van der Waals surface area contributed by atoms with E-state index in [4.69, 9.17) is 0 Å². The minimum atomic E-state index is -1.60. The summed E-state index contributed by atoms with van der Waals surface area (Å²) in [5, 5.41) is 2.15. The molecule has 0 amide bonds. The number of hydrogen-bond donors (Lipinski definition) is 0. The van der Waals surface area contributed by atoms with Crippen molar-refractivity contribution in [3.05, 3.63) is 108 Å². The third-order valence-electron chi connectivity index (χ3n) is 6.69. The number of benzene rings is 3. The Morgan fingerprint density at radius 2 is 0.750 bits per heavy atom. The van der Waals surface area contributed by atoms with Crippen LogP contribution in [0.15, 0.2) is 84.9 Å². The first-order valence-corrected chi connectivity index (χ1v) is 13.6. The summed E-state index contributed by atoms with van der Waals surface area (Å²) in [5.74, 6) is 1.30. The first kappa shape index (κ1) is 24.6. The lowest BCUT2D eigenvalue weighted by atomic mass is 9.85. The molecule has 168 valence electrons. The topological polar surface area (TPSA) is 0 Å². The van der Waals surface area contributed by atoms with Gasteiger partial charge in [-0.15, -0.1) is 0 Å². The van der Waals surface area contributed by atoms with Gasteiger partial charge in [-0.05, 0) is 123 Å². The van der Waals surface area contributed by atoms with Crippen LogP contribution in [0.2, 0.25) is 0 Å². The monoisotopic (exact) mass is 444 g/mol. The molecule has 0 aliphatic heterocycles. The molecule has 0 radical (unpaired) electrons. The first-order valence-electron chi connectivity index (χ1n) is 11.8. The molecule has 3 rings (SSSR count). The van der Waals surface area contributed by atoms with E-state index < -0.39 is 7.26 Å². The Bertz CT molecular complexity index is 919. The van der Waals surface area contributed by atoms with E-state index in [0.717, 1.165) is 0 Å². The third kappa shape index (κ3) is 4.27. The fourth-order valence-electron chi connectivity index (χ4n) is 6.74. The Balaban J connectivity index is 2.20. The van der Waals surface area contributed by atoms with Crippen LogP contribution in [0.5, 0.6) is 0 Å². The number of rotatable bonds is 4. The van der Waals surface area contributed by atoms with Crippen molar-refractivity contribution in [1.82, 2.24) is 0 Å². The molecule has 3 aromatic carbocycles. The van der Waals surface area contributed by atoms with E-state index in [1.54, 1.807) is 0 Å². The van der Waals surface area contributed by atoms with Gasteiger partial charge in [0, 0.05) is 12.1 Å². The molecular formula is C31H41P+2. The molecule has 0 atom stereocenters. The smallest absolute Gasteiger partial charge is 0.0511 e. The maximum Gasteiger partial charge on any atom is 0.107 e. The van der Waals surface area contributed by atoms with Gasteiger partial charge in [-0.2, -0.15) is 0 Å². The standard InChI is InChI=1S/C31H41P/c1-29(2,3)32(30(4,5)6,31(7,8)9)27-22-20-26(21-23-27)28(24-16-12-10-13-17-24)25-18-14-11-15-19-25/h10-23H,1-9H3/q+2. The molecule has 0 heterocycles. The molecule has 0 aliphatic carbocycles. The van der Waals surface area contributed by atoms with Gasteiger partial charge in [0.1, 0.15) is 5.30 Å². The lowest BCUT2D eigenvalue weighted by Crippen LogP contribution is -2.49. The second kappa shape index (κ2) is 8.72. The van der Waals surface area contributed by atoms with E-state index in [1.807, 2.05) is 0 Å². The van der Waals surface area contributed by atoms with Crippen LogP contribution in [0.1, 0.15) is 79.0 Å². The van der Waals surface area contributed by atoms with Gasteiger partial charge in [0.05, 0.1) is 45.3 Å². The summed E-state index contributed by atoms with van der Waals surface area (Å²) < 4.78 is 0. The van der Waals surface area contributed by atoms with Gasteiger partial charge < -0.3 is 0 Å². The normalized spacial score (nSPS) is 13.2. The molecule has 0 saturated heterocycles. The summed E-state index contributed by atoms with van der Waals surface area (Å²) in [6, 6.07) is 31.2. The quantitative estimate of drug-likeness (QED) is 0.214. The molecule has 0 aliphatic rings. The summed E-state index contributed by atoms with van der Waals surface area (Å²) >= 11 is 0. The van der Waals surface area contributed by atoms with Crippen molar-refractivity contribution in [1.29, 1.82) is 0 Å². The van der Waals surface area contributed by atoms with Gasteiger partial charge in [-0.25, -0.2) is 0 Å². The van der Waals surface area contributed by atoms with E-state index in [9.17, 15) is 0 Å². The average molecular weight is 445 g/mol. The Hall–Kier alpha value is -2.04. The van der Waals surface area contributed by atoms with Crippen LogP contribution in [-0.2, 0) is 0 Å². The van der Waals surface area contributed by atoms with Crippen LogP contribution in [0.25, 0.3) is 0 Å². The molecule has 0 N–H and O–H groups in total. The van der Waals surface area contributed by atoms with Gasteiger partial charge >= 0.3 is 0 Å². The molecule has 0 nitrogen and oxygen atoms in total. The SMILES string of the molecule is CC(C)(C)[P+](c1ccc([C+](c2ccccc2)c2ccccc2)cc1)(C(C)(C)C)C(C)(C)C. The molecule has 32 heavy (non-hydrogen) atoms. The zero-order chi connectivity index (χ0) is 23.8. The van der Waals surface area contributed by atoms with Crippen LogP contribution in [0.3, 0.4) is 0 Å². The fourth-order valence-corrected chi connectivity index (χ4v) is 15.7. The van der Waals surface area contributed by atoms with Crippen molar-refractivity contribution in [3.8, 4) is 0 Å². The molecule has 0 saturated carbocycles. The minimum absolute atomic E-state index is 0.205. The van der Waals surface area contributed by atoms with E-state index >= 15 is 0 Å². The van der Waals surface area contributed by atoms with Gasteiger partial charge in [-0.3, -0.25) is 0 Å². The van der Waals surface area contributed by atoms with Gasteiger partial charge in [0.2, 0.25) is 0 Å². The molecule has 0 bridgehead atoms. The van der Waals surface area contributed by atoms with E-state index in [2.05, 4.69) is 147 Å². The van der Waals surface area contributed by atoms with Crippen LogP contribution in [0.4, 0.5) is 0 Å². The Morgan fingerprint density at radius 3 is 1.06 bits per heavy atom. The zero-order valence-electron chi connectivity index (χ0n) is 21.5. The fraction of sp³-hybridized carbons (Fsp3) is 0.387. The molecule has 3 aromatic rings. The molecule has 0 unspecified atom stereocenters. The first-order chi connectivity index (χ1) is 14.8. The van der Waals surface area contributed by atoms with Crippen molar-refractivity contribution in [2.24, 2.45) is 0 Å². The number of hydrogen-bond acceptors (Lipinski definition) is 0. The van der Waals surface area contributed by atoms with Crippen molar-refractivity contribution in [3.63, 3.8) is 0 Å².